The molecule has 3 N–H and O–H groups in total. The Morgan fingerprint density at radius 1 is 1.25 bits per heavy atom. The second-order valence-electron chi connectivity index (χ2n) is 4.27. The normalized spacial score (nSPS) is 10.8. The lowest BCUT2D eigenvalue weighted by Crippen LogP contribution is -1.97. The third kappa shape index (κ3) is 1.88. The van der Waals surface area contributed by atoms with Crippen molar-refractivity contribution in [3.63, 3.8) is 0 Å². The van der Waals surface area contributed by atoms with Crippen LogP contribution < -0.4 is 0 Å². The Hall–Kier alpha value is -2.53. The van der Waals surface area contributed by atoms with Crippen LogP contribution in [0.1, 0.15) is 10.4 Å². The quantitative estimate of drug-likeness (QED) is 0.675. The first-order chi connectivity index (χ1) is 9.58. The molecule has 100 valence electrons. The molecule has 5 nitrogen and oxygen atoms in total. The molecule has 0 aliphatic heterocycles. The second-order valence-corrected chi connectivity index (χ2v) is 4.68. The molecule has 0 spiro atoms. The van der Waals surface area contributed by atoms with E-state index in [0.717, 1.165) is 0 Å². The molecule has 0 radical (unpaired) electrons. The van der Waals surface area contributed by atoms with Crippen LogP contribution in [-0.2, 0) is 0 Å². The zero-order valence-electron chi connectivity index (χ0n) is 10.1. The number of H-pyrrole nitrogens is 1. The highest BCUT2D eigenvalue weighted by Gasteiger charge is 2.16. The highest BCUT2D eigenvalue weighted by atomic mass is 35.5. The fraction of sp³-hybridized carbons (Fsp3) is 0. The van der Waals surface area contributed by atoms with Crippen LogP contribution >= 0.6 is 11.6 Å². The number of carboxylic acids is 1. The number of phenols is 1. The van der Waals surface area contributed by atoms with Gasteiger partial charge in [0.15, 0.2) is 0 Å². The van der Waals surface area contributed by atoms with Crippen molar-refractivity contribution >= 4 is 28.5 Å². The number of aromatic carboxylic acids is 1. The van der Waals surface area contributed by atoms with Crippen molar-refractivity contribution in [3.8, 4) is 17.0 Å². The van der Waals surface area contributed by atoms with Gasteiger partial charge in [-0.1, -0.05) is 17.7 Å². The molecule has 1 aromatic heterocycles. The van der Waals surface area contributed by atoms with Crippen LogP contribution in [0.15, 0.2) is 36.4 Å². The largest absolute Gasteiger partial charge is 0.506 e. The Bertz CT molecular complexity index is 826. The summed E-state index contributed by atoms with van der Waals surface area (Å²) in [6.45, 7) is 0. The number of aromatic hydroxyl groups is 1. The van der Waals surface area contributed by atoms with E-state index in [2.05, 4.69) is 10.2 Å². The van der Waals surface area contributed by atoms with Gasteiger partial charge in [-0.15, -0.1) is 0 Å². The van der Waals surface area contributed by atoms with E-state index in [1.165, 1.54) is 12.1 Å². The van der Waals surface area contributed by atoms with Gasteiger partial charge in [-0.05, 0) is 30.3 Å². The number of halogens is 1. The van der Waals surface area contributed by atoms with Crippen molar-refractivity contribution in [3.05, 3.63) is 47.0 Å². The SMILES string of the molecule is O=C(O)c1cccc2[nH]nc(-c3ccc(O)c(Cl)c3)c12. The summed E-state index contributed by atoms with van der Waals surface area (Å²) >= 11 is 5.88. The molecule has 0 saturated heterocycles. The first kappa shape index (κ1) is 12.5. The zero-order chi connectivity index (χ0) is 14.3. The summed E-state index contributed by atoms with van der Waals surface area (Å²) in [5, 5.41) is 26.4. The second kappa shape index (κ2) is 4.54. The van der Waals surface area contributed by atoms with E-state index in [9.17, 15) is 15.0 Å². The third-order valence-corrected chi connectivity index (χ3v) is 3.34. The van der Waals surface area contributed by atoms with Crippen LogP contribution in [0.25, 0.3) is 22.2 Å². The maximum Gasteiger partial charge on any atom is 0.336 e. The first-order valence-corrected chi connectivity index (χ1v) is 6.15. The fourth-order valence-corrected chi connectivity index (χ4v) is 2.29. The Kier molecular flexibility index (Phi) is 2.84. The van der Waals surface area contributed by atoms with Crippen molar-refractivity contribution in [2.45, 2.75) is 0 Å². The summed E-state index contributed by atoms with van der Waals surface area (Å²) in [6, 6.07) is 9.55. The van der Waals surface area contributed by atoms with Gasteiger partial charge in [0.2, 0.25) is 0 Å². The van der Waals surface area contributed by atoms with Crippen LogP contribution in [0.4, 0.5) is 0 Å². The minimum absolute atomic E-state index is 0.0336. The Balaban J connectivity index is 2.31. The Morgan fingerprint density at radius 3 is 2.75 bits per heavy atom. The molecule has 0 bridgehead atoms. The average molecular weight is 289 g/mol. The van der Waals surface area contributed by atoms with Crippen LogP contribution in [-0.4, -0.2) is 26.4 Å². The van der Waals surface area contributed by atoms with E-state index >= 15 is 0 Å². The number of phenolic OH excluding ortho intramolecular Hbond substituents is 1. The van der Waals surface area contributed by atoms with Crippen LogP contribution in [0.2, 0.25) is 5.02 Å². The summed E-state index contributed by atoms with van der Waals surface area (Å²) in [6.07, 6.45) is 0. The van der Waals surface area contributed by atoms with E-state index in [1.54, 1.807) is 24.3 Å². The van der Waals surface area contributed by atoms with Gasteiger partial charge in [-0.3, -0.25) is 5.10 Å². The van der Waals surface area contributed by atoms with Crippen molar-refractivity contribution in [1.82, 2.24) is 10.2 Å². The van der Waals surface area contributed by atoms with Gasteiger partial charge in [-0.2, -0.15) is 5.10 Å². The number of benzene rings is 2. The van der Waals surface area contributed by atoms with E-state index in [4.69, 9.17) is 11.6 Å². The number of aromatic nitrogens is 2. The smallest absolute Gasteiger partial charge is 0.336 e. The fourth-order valence-electron chi connectivity index (χ4n) is 2.11. The van der Waals surface area contributed by atoms with Gasteiger partial charge in [-0.25, -0.2) is 4.79 Å². The molecule has 20 heavy (non-hydrogen) atoms. The summed E-state index contributed by atoms with van der Waals surface area (Å²) in [5.74, 6) is -1.06. The third-order valence-electron chi connectivity index (χ3n) is 3.04. The van der Waals surface area contributed by atoms with E-state index in [0.29, 0.717) is 22.2 Å². The molecule has 3 aromatic rings. The molecule has 0 fully saturated rings. The van der Waals surface area contributed by atoms with Crippen molar-refractivity contribution in [2.24, 2.45) is 0 Å². The van der Waals surface area contributed by atoms with Gasteiger partial charge in [0, 0.05) is 10.9 Å². The van der Waals surface area contributed by atoms with Gasteiger partial charge in [0.05, 0.1) is 16.1 Å². The minimum atomic E-state index is -1.02. The number of rotatable bonds is 2. The molecule has 0 aliphatic rings. The maximum absolute atomic E-state index is 11.3. The summed E-state index contributed by atoms with van der Waals surface area (Å²) in [5.41, 5.74) is 1.91. The van der Waals surface area contributed by atoms with Crippen molar-refractivity contribution < 1.29 is 15.0 Å². The number of carbonyl (C=O) groups is 1. The number of hydrogen-bond donors (Lipinski definition) is 3. The molecular formula is C14H9ClN2O3. The number of nitrogens with zero attached hydrogens (tertiary/aromatic N) is 1. The lowest BCUT2D eigenvalue weighted by atomic mass is 10.0. The van der Waals surface area contributed by atoms with Gasteiger partial charge >= 0.3 is 5.97 Å². The van der Waals surface area contributed by atoms with Crippen molar-refractivity contribution in [1.29, 1.82) is 0 Å². The van der Waals surface area contributed by atoms with Gasteiger partial charge in [0.1, 0.15) is 11.4 Å². The molecule has 3 rings (SSSR count). The minimum Gasteiger partial charge on any atom is -0.506 e. The lowest BCUT2D eigenvalue weighted by Gasteiger charge is -2.03. The molecule has 1 heterocycles. The number of fused-ring (bicyclic) bond motifs is 1. The first-order valence-electron chi connectivity index (χ1n) is 5.77. The summed E-state index contributed by atoms with van der Waals surface area (Å²) in [7, 11) is 0. The monoisotopic (exact) mass is 288 g/mol. The molecule has 2 aromatic carbocycles. The maximum atomic E-state index is 11.3. The van der Waals surface area contributed by atoms with Gasteiger partial charge < -0.3 is 10.2 Å². The van der Waals surface area contributed by atoms with Crippen molar-refractivity contribution in [2.75, 3.05) is 0 Å². The molecule has 0 aliphatic carbocycles. The molecule has 6 heteroatoms. The number of hydrogen-bond acceptors (Lipinski definition) is 3. The predicted octanol–water partition coefficient (Wildman–Crippen LogP) is 3.29. The van der Waals surface area contributed by atoms with Gasteiger partial charge in [0.25, 0.3) is 0 Å². The molecule has 0 saturated carbocycles. The molecule has 0 unspecified atom stereocenters. The highest BCUT2D eigenvalue weighted by Crippen LogP contribution is 2.33. The number of aromatic amines is 1. The van der Waals surface area contributed by atoms with E-state index in [-0.39, 0.29) is 16.3 Å². The molecule has 0 atom stereocenters. The predicted molar refractivity (Wildman–Crippen MR) is 75.2 cm³/mol. The Morgan fingerprint density at radius 2 is 2.05 bits per heavy atom. The summed E-state index contributed by atoms with van der Waals surface area (Å²) in [4.78, 5) is 11.3. The summed E-state index contributed by atoms with van der Waals surface area (Å²) < 4.78 is 0. The van der Waals surface area contributed by atoms with Crippen LogP contribution in [0, 0.1) is 0 Å². The van der Waals surface area contributed by atoms with E-state index < -0.39 is 5.97 Å². The standard InChI is InChI=1S/C14H9ClN2O3/c15-9-6-7(4-5-11(9)18)13-12-8(14(19)20)2-1-3-10(12)16-17-13/h1-6,18H,(H,16,17)(H,19,20). The molecular weight excluding hydrogens is 280 g/mol. The lowest BCUT2D eigenvalue weighted by molar-refractivity contribution is 0.0699. The topological polar surface area (TPSA) is 86.2 Å². The van der Waals surface area contributed by atoms with E-state index in [1.807, 2.05) is 0 Å². The highest BCUT2D eigenvalue weighted by molar-refractivity contribution is 6.32. The van der Waals surface area contributed by atoms with Crippen LogP contribution in [0.5, 0.6) is 5.75 Å². The number of nitrogens with one attached hydrogen (secondary N) is 1. The Labute approximate surface area is 118 Å². The average Bonchev–Trinajstić information content (AvgIpc) is 2.85. The zero-order valence-corrected chi connectivity index (χ0v) is 10.8. The van der Waals surface area contributed by atoms with Crippen LogP contribution in [0.3, 0.4) is 0 Å². The number of carboxylic acid groups (broad SMARTS) is 1. The molecule has 0 amide bonds.